The number of aromatic nitrogens is 4. The van der Waals surface area contributed by atoms with E-state index in [4.69, 9.17) is 36.9 Å². The predicted molar refractivity (Wildman–Crippen MR) is 393 cm³/mol. The van der Waals surface area contributed by atoms with Crippen molar-refractivity contribution in [3.63, 3.8) is 0 Å². The van der Waals surface area contributed by atoms with Crippen LogP contribution in [0.1, 0.15) is 83.8 Å². The SMILES string of the molecule is C#Cc1ccc2c(c1)c(C(=O)C(=O)OCC)cn2C.C#Cc1ccc2c(c1)c(C1=C(c3coc4ccccc34)C(=O)NC1=O)cn2C.C1CCOC1.CCC.Cn1ccc2cc(C#C[Si](C)(C)C)ccc21.Cn1ccc2cc(I)ccc21.NC(=O)Cc1coc2ccccc12. The fourth-order valence-electron chi connectivity index (χ4n) is 10.5. The lowest BCUT2D eigenvalue weighted by Gasteiger charge is -2.03. The summed E-state index contributed by atoms with van der Waals surface area (Å²) in [4.78, 5) is 59.7. The van der Waals surface area contributed by atoms with Crippen molar-refractivity contribution in [3.05, 3.63) is 213 Å². The summed E-state index contributed by atoms with van der Waals surface area (Å²) < 4.78 is 29.8. The van der Waals surface area contributed by atoms with E-state index in [1.807, 2.05) is 90.6 Å². The summed E-state index contributed by atoms with van der Waals surface area (Å²) in [7, 11) is 6.56. The van der Waals surface area contributed by atoms with Crippen LogP contribution in [0.4, 0.5) is 0 Å². The average Bonchev–Trinajstić information content (AvgIpc) is 1.60. The molecule has 14 rings (SSSR count). The van der Waals surface area contributed by atoms with Gasteiger partial charge in [-0.25, -0.2) is 4.79 Å². The number of ether oxygens (including phenoxy) is 2. The molecule has 6 aromatic carbocycles. The van der Waals surface area contributed by atoms with Crippen molar-refractivity contribution in [2.75, 3.05) is 19.8 Å². The van der Waals surface area contributed by atoms with E-state index in [2.05, 4.69) is 169 Å². The third kappa shape index (κ3) is 17.7. The second-order valence-electron chi connectivity index (χ2n) is 23.5. The van der Waals surface area contributed by atoms with Crippen molar-refractivity contribution in [1.82, 2.24) is 23.6 Å². The van der Waals surface area contributed by atoms with Gasteiger partial charge in [-0.3, -0.25) is 24.5 Å². The number of fused-ring (bicyclic) bond motifs is 6. The van der Waals surface area contributed by atoms with Crippen LogP contribution in [0.2, 0.25) is 19.6 Å². The van der Waals surface area contributed by atoms with Gasteiger partial charge in [0.05, 0.1) is 42.3 Å². The minimum atomic E-state index is -1.27. The highest BCUT2D eigenvalue weighted by Crippen LogP contribution is 2.39. The highest BCUT2D eigenvalue weighted by Gasteiger charge is 2.35. The van der Waals surface area contributed by atoms with Gasteiger partial charge in [0.2, 0.25) is 5.91 Å². The van der Waals surface area contributed by atoms with Gasteiger partial charge < -0.3 is 42.3 Å². The lowest BCUT2D eigenvalue weighted by atomic mass is 9.95. The number of nitrogens with one attached hydrogen (secondary N) is 1. The molecule has 15 nitrogen and oxygen atoms in total. The van der Waals surface area contributed by atoms with Crippen LogP contribution in [-0.4, -0.2) is 75.6 Å². The Bertz CT molecular complexity index is 4980. The number of aryl methyl sites for hydroxylation is 4. The molecule has 0 saturated carbocycles. The molecular weight excluding hydrogens is 1320 g/mol. The van der Waals surface area contributed by atoms with Gasteiger partial charge in [0.15, 0.2) is 0 Å². The number of nitrogens with two attached hydrogens (primary N) is 1. The van der Waals surface area contributed by atoms with Gasteiger partial charge in [0, 0.05) is 158 Å². The Morgan fingerprint density at radius 2 is 1.13 bits per heavy atom. The van der Waals surface area contributed by atoms with Crippen molar-refractivity contribution in [2.24, 2.45) is 33.9 Å². The Morgan fingerprint density at radius 1 is 0.611 bits per heavy atom. The minimum absolute atomic E-state index is 0.172. The highest BCUT2D eigenvalue weighted by molar-refractivity contribution is 14.1. The molecule has 0 aliphatic carbocycles. The maximum absolute atomic E-state index is 12.8. The molecule has 0 unspecified atom stereocenters. The van der Waals surface area contributed by atoms with Crippen molar-refractivity contribution in [3.8, 4) is 36.2 Å². The van der Waals surface area contributed by atoms with E-state index in [1.54, 1.807) is 43.1 Å². The largest absolute Gasteiger partial charge is 0.464 e. The number of imide groups is 1. The minimum Gasteiger partial charge on any atom is -0.464 e. The van der Waals surface area contributed by atoms with Gasteiger partial charge in [-0.1, -0.05) is 94.1 Å². The zero-order chi connectivity index (χ0) is 68.5. The first-order valence-corrected chi connectivity index (χ1v) is 35.7. The lowest BCUT2D eigenvalue weighted by Crippen LogP contribution is -2.22. The first-order valence-electron chi connectivity index (χ1n) is 31.1. The van der Waals surface area contributed by atoms with Crippen molar-refractivity contribution < 1.29 is 42.3 Å². The van der Waals surface area contributed by atoms with Gasteiger partial charge >= 0.3 is 5.97 Å². The zero-order valence-electron chi connectivity index (χ0n) is 55.2. The molecule has 95 heavy (non-hydrogen) atoms. The van der Waals surface area contributed by atoms with E-state index >= 15 is 0 Å². The van der Waals surface area contributed by atoms with Crippen LogP contribution in [0.3, 0.4) is 0 Å². The predicted octanol–water partition coefficient (Wildman–Crippen LogP) is 15.2. The topological polar surface area (TPSA) is 188 Å². The third-order valence-electron chi connectivity index (χ3n) is 15.0. The van der Waals surface area contributed by atoms with Crippen molar-refractivity contribution in [2.45, 2.75) is 66.1 Å². The Kier molecular flexibility index (Phi) is 24.1. The molecule has 3 amide bonds. The van der Waals surface area contributed by atoms with E-state index in [0.29, 0.717) is 49.9 Å². The van der Waals surface area contributed by atoms with Gasteiger partial charge in [-0.15, -0.1) is 18.4 Å². The number of amides is 3. The number of benzene rings is 6. The van der Waals surface area contributed by atoms with Gasteiger partial charge in [-0.05, 0) is 139 Å². The van der Waals surface area contributed by atoms with Crippen LogP contribution in [0.15, 0.2) is 180 Å². The van der Waals surface area contributed by atoms with E-state index < -0.39 is 31.6 Å². The molecule has 0 spiro atoms. The molecule has 0 radical (unpaired) electrons. The number of carbonyl (C=O) groups is 5. The molecule has 12 aromatic rings. The molecule has 3 N–H and O–H groups in total. The standard InChI is InChI=1S/C23H14N2O3.C15H13NO3.C14H17NSi.C10H9NO2.C9H8IN.C4H8O.C3H8/c1-3-13-8-9-18-15(10-13)16(11-25(18)2)20-21(23(27)24-22(20)26)17-12-28-19-7-5-4-6-14(17)19;1-4-10-6-7-13-11(8-10)12(9-16(13)3)14(17)15(18)19-5-2;1-15-9-7-13-11-12(5-6-14(13)15)8-10-16(2,3)4;11-10(12)5-7-6-13-9-4-2-1-3-8(7)9;1-11-5-4-7-6-8(10)2-3-9(7)11;1-2-4-5-3-1;1-3-2/h1,4-12H,2H3,(H,24,26,27);1,6-9H,5H2,2-3H3;5-7,9,11H,1-4H3;1-4,6H,5H2,(H2,11,12);2-6H,1H3;1-4H2;3H2,1-2H3. The second kappa shape index (κ2) is 32.5. The zero-order valence-corrected chi connectivity index (χ0v) is 58.3. The number of rotatable bonds is 7. The Balaban J connectivity index is 0.000000153. The lowest BCUT2D eigenvalue weighted by molar-refractivity contribution is -0.137. The molecule has 0 atom stereocenters. The summed E-state index contributed by atoms with van der Waals surface area (Å²) in [6.07, 6.45) is 25.7. The maximum Gasteiger partial charge on any atom is 0.379 e. The molecule has 484 valence electrons. The molecule has 2 aliphatic rings. The molecule has 1 fully saturated rings. The van der Waals surface area contributed by atoms with Crippen LogP contribution in [0.25, 0.3) is 76.7 Å². The van der Waals surface area contributed by atoms with Crippen LogP contribution in [0, 0.1) is 39.7 Å². The number of esters is 1. The molecular formula is C78H77IN6O9Si. The Morgan fingerprint density at radius 3 is 1.71 bits per heavy atom. The fourth-order valence-corrected chi connectivity index (χ4v) is 11.6. The summed E-state index contributed by atoms with van der Waals surface area (Å²) in [5, 5.41) is 8.24. The number of furan rings is 2. The molecule has 6 aromatic heterocycles. The number of carbonyl (C=O) groups excluding carboxylic acids is 5. The normalized spacial score (nSPS) is 12.2. The van der Waals surface area contributed by atoms with Gasteiger partial charge in [0.25, 0.3) is 17.6 Å². The summed E-state index contributed by atoms with van der Waals surface area (Å²) in [5.41, 5.74) is 19.8. The molecule has 17 heteroatoms. The number of primary amides is 1. The smallest absolute Gasteiger partial charge is 0.379 e. The molecule has 2 aliphatic heterocycles. The monoisotopic (exact) mass is 1400 g/mol. The van der Waals surface area contributed by atoms with Crippen LogP contribution >= 0.6 is 22.6 Å². The number of terminal acetylenes is 2. The van der Waals surface area contributed by atoms with Crippen molar-refractivity contribution in [1.29, 1.82) is 0 Å². The van der Waals surface area contributed by atoms with Gasteiger partial charge in [-0.2, -0.15) is 0 Å². The van der Waals surface area contributed by atoms with Crippen LogP contribution < -0.4 is 11.1 Å². The Labute approximate surface area is 568 Å². The van der Waals surface area contributed by atoms with E-state index in [0.717, 1.165) is 57.1 Å². The number of hydrogen-bond acceptors (Lipinski definition) is 9. The molecule has 1 saturated heterocycles. The molecule has 8 heterocycles. The maximum atomic E-state index is 12.8. The van der Waals surface area contributed by atoms with Gasteiger partial charge in [0.1, 0.15) is 19.2 Å². The van der Waals surface area contributed by atoms with Crippen LogP contribution in [0.5, 0.6) is 0 Å². The molecule has 0 bridgehead atoms. The number of nitrogens with zero attached hydrogens (tertiary/aromatic N) is 4. The van der Waals surface area contributed by atoms with Crippen molar-refractivity contribution >= 4 is 137 Å². The number of halogens is 1. The summed E-state index contributed by atoms with van der Waals surface area (Å²) >= 11 is 2.33. The number of para-hydroxylation sites is 2. The fraction of sp³-hybridized carbons (Fsp3) is 0.218. The third-order valence-corrected chi connectivity index (χ3v) is 16.6. The van der Waals surface area contributed by atoms with E-state index in [1.165, 1.54) is 50.9 Å². The Hall–Kier alpha value is -10.4. The van der Waals surface area contributed by atoms with Crippen LogP contribution in [-0.2, 0) is 63.3 Å². The van der Waals surface area contributed by atoms with E-state index in [-0.39, 0.29) is 18.9 Å². The number of hydrogen-bond donors (Lipinski definition) is 2. The quantitative estimate of drug-likeness (QED) is 0.0298. The van der Waals surface area contributed by atoms with E-state index in [9.17, 15) is 24.0 Å². The summed E-state index contributed by atoms with van der Waals surface area (Å²) in [5.74, 6) is 5.72. The number of ketones is 1. The summed E-state index contributed by atoms with van der Waals surface area (Å²) in [6, 6.07) is 43.1. The second-order valence-corrected chi connectivity index (χ2v) is 29.5. The number of Topliss-reactive ketones (excluding diaryl/α,β-unsaturated/α-hetero) is 1. The highest BCUT2D eigenvalue weighted by atomic mass is 127. The summed E-state index contributed by atoms with van der Waals surface area (Å²) in [6.45, 7) is 14.9. The first kappa shape index (κ1) is 70.5. The average molecular weight is 1400 g/mol. The first-order chi connectivity index (χ1) is 45.6.